The molecule has 0 spiro atoms. The number of phosphoric acid groups is 1. The fourth-order valence-corrected chi connectivity index (χ4v) is 7.43. The van der Waals surface area contributed by atoms with Crippen LogP contribution < -0.4 is 0 Å². The first-order chi connectivity index (χ1) is 30.0. The van der Waals surface area contributed by atoms with E-state index in [0.717, 1.165) is 83.5 Å². The summed E-state index contributed by atoms with van der Waals surface area (Å²) in [6, 6.07) is 0. The molecule has 0 radical (unpaired) electrons. The van der Waals surface area contributed by atoms with Crippen molar-refractivity contribution in [1.82, 2.24) is 0 Å². The highest BCUT2D eigenvalue weighted by atomic mass is 31.2. The summed E-state index contributed by atoms with van der Waals surface area (Å²) in [7, 11) is 1.46. The Morgan fingerprint density at radius 1 is 0.516 bits per heavy atom. The van der Waals surface area contributed by atoms with Crippen molar-refractivity contribution in [2.75, 3.05) is 47.5 Å². The minimum Gasteiger partial charge on any atom is -0.462 e. The quantitative estimate of drug-likeness (QED) is 0.0212. The van der Waals surface area contributed by atoms with Gasteiger partial charge in [0.2, 0.25) is 0 Å². The molecule has 0 rings (SSSR count). The van der Waals surface area contributed by atoms with Crippen molar-refractivity contribution < 1.29 is 42.1 Å². The van der Waals surface area contributed by atoms with Crippen molar-refractivity contribution in [3.8, 4) is 0 Å². The lowest BCUT2D eigenvalue weighted by Crippen LogP contribution is -2.37. The normalized spacial score (nSPS) is 14.0. The van der Waals surface area contributed by atoms with Gasteiger partial charge in [0.15, 0.2) is 6.10 Å². The zero-order valence-electron chi connectivity index (χ0n) is 40.6. The number of nitrogens with zero attached hydrogens (tertiary/aromatic N) is 1. The molecule has 9 nitrogen and oxygen atoms in total. The molecule has 0 fully saturated rings. The van der Waals surface area contributed by atoms with Crippen molar-refractivity contribution in [1.29, 1.82) is 0 Å². The molecule has 0 aromatic heterocycles. The molecule has 62 heavy (non-hydrogen) atoms. The molecule has 0 aliphatic heterocycles. The Kier molecular flexibility index (Phi) is 42.3. The molecule has 0 heterocycles. The van der Waals surface area contributed by atoms with E-state index < -0.39 is 26.5 Å². The van der Waals surface area contributed by atoms with Crippen LogP contribution >= 0.6 is 7.82 Å². The lowest BCUT2D eigenvalue weighted by Gasteiger charge is -2.24. The Hall–Kier alpha value is -2.29. The molecule has 10 heteroatoms. The summed E-state index contributed by atoms with van der Waals surface area (Å²) >= 11 is 0. The number of hydrogen-bond acceptors (Lipinski definition) is 7. The minimum absolute atomic E-state index is 0.0262. The predicted molar refractivity (Wildman–Crippen MR) is 261 cm³/mol. The van der Waals surface area contributed by atoms with E-state index in [4.69, 9.17) is 18.5 Å². The van der Waals surface area contributed by atoms with Gasteiger partial charge in [0.05, 0.1) is 27.7 Å². The average Bonchev–Trinajstić information content (AvgIpc) is 3.23. The van der Waals surface area contributed by atoms with Crippen molar-refractivity contribution in [2.24, 2.45) is 0 Å². The van der Waals surface area contributed by atoms with E-state index in [-0.39, 0.29) is 32.0 Å². The second kappa shape index (κ2) is 43.9. The first-order valence-corrected chi connectivity index (χ1v) is 26.5. The smallest absolute Gasteiger partial charge is 0.462 e. The first-order valence-electron chi connectivity index (χ1n) is 25.0. The van der Waals surface area contributed by atoms with Gasteiger partial charge in [-0.25, -0.2) is 4.57 Å². The second-order valence-electron chi connectivity index (χ2n) is 17.8. The number of esters is 2. The van der Waals surface area contributed by atoms with E-state index in [0.29, 0.717) is 17.4 Å². The summed E-state index contributed by atoms with van der Waals surface area (Å²) in [5.74, 6) is -0.816. The summed E-state index contributed by atoms with van der Waals surface area (Å²) in [4.78, 5) is 35.5. The topological polar surface area (TPSA) is 108 Å². The number of hydrogen-bond donors (Lipinski definition) is 1. The largest absolute Gasteiger partial charge is 0.472 e. The van der Waals surface area contributed by atoms with Gasteiger partial charge in [0, 0.05) is 12.8 Å². The molecule has 0 aromatic rings. The summed E-state index contributed by atoms with van der Waals surface area (Å²) in [5.41, 5.74) is 0. The van der Waals surface area contributed by atoms with Crippen LogP contribution in [0.1, 0.15) is 206 Å². The second-order valence-corrected chi connectivity index (χ2v) is 19.3. The molecule has 0 amide bonds. The Labute approximate surface area is 381 Å². The third-order valence-electron chi connectivity index (χ3n) is 10.6. The molecule has 2 atom stereocenters. The maximum atomic E-state index is 12.7. The molecule has 0 saturated carbocycles. The Balaban J connectivity index is 4.32. The molecule has 0 aliphatic rings. The van der Waals surface area contributed by atoms with Gasteiger partial charge < -0.3 is 18.9 Å². The average molecular weight is 893 g/mol. The van der Waals surface area contributed by atoms with E-state index in [1.807, 2.05) is 21.1 Å². The summed E-state index contributed by atoms with van der Waals surface area (Å²) in [6.07, 6.45) is 54.1. The van der Waals surface area contributed by atoms with Crippen LogP contribution in [0, 0.1) is 0 Å². The summed E-state index contributed by atoms with van der Waals surface area (Å²) in [6.45, 7) is 4.30. The van der Waals surface area contributed by atoms with E-state index in [1.54, 1.807) is 0 Å². The zero-order valence-corrected chi connectivity index (χ0v) is 41.5. The molecular formula is C52H95NO8P+. The molecule has 1 N–H and O–H groups in total. The monoisotopic (exact) mass is 893 g/mol. The summed E-state index contributed by atoms with van der Waals surface area (Å²) in [5, 5.41) is 0. The Bertz CT molecular complexity index is 1240. The van der Waals surface area contributed by atoms with Gasteiger partial charge in [0.25, 0.3) is 0 Å². The maximum Gasteiger partial charge on any atom is 0.472 e. The summed E-state index contributed by atoms with van der Waals surface area (Å²) < 4.78 is 34.4. The molecule has 0 bridgehead atoms. The lowest BCUT2D eigenvalue weighted by atomic mass is 10.0. The van der Waals surface area contributed by atoms with Crippen molar-refractivity contribution >= 4 is 19.8 Å². The van der Waals surface area contributed by atoms with Crippen LogP contribution in [0.4, 0.5) is 0 Å². The van der Waals surface area contributed by atoms with Gasteiger partial charge >= 0.3 is 19.8 Å². The van der Waals surface area contributed by atoms with Crippen LogP contribution in [-0.4, -0.2) is 74.9 Å². The molecular weight excluding hydrogens is 798 g/mol. The molecule has 0 saturated heterocycles. The SMILES string of the molecule is CC/C=C\C/C=C\C/C=C\C/C=C\C/C=C\CCCCCCCC(=O)OC(COC(=O)CCCCCCCCCCCCCCCCCCC)COP(=O)(O)OCC[N+](C)(C)C. The molecule has 0 aliphatic carbocycles. The van der Waals surface area contributed by atoms with Crippen LogP contribution in [0.25, 0.3) is 0 Å². The van der Waals surface area contributed by atoms with Crippen molar-refractivity contribution in [2.45, 2.75) is 213 Å². The van der Waals surface area contributed by atoms with Crippen LogP contribution in [0.2, 0.25) is 0 Å². The number of phosphoric ester groups is 1. The van der Waals surface area contributed by atoms with Crippen LogP contribution in [0.5, 0.6) is 0 Å². The van der Waals surface area contributed by atoms with E-state index in [9.17, 15) is 19.0 Å². The Morgan fingerprint density at radius 2 is 0.919 bits per heavy atom. The maximum absolute atomic E-state index is 12.7. The molecule has 360 valence electrons. The molecule has 0 aromatic carbocycles. The number of allylic oxidation sites excluding steroid dienone is 10. The van der Waals surface area contributed by atoms with E-state index >= 15 is 0 Å². The van der Waals surface area contributed by atoms with Crippen molar-refractivity contribution in [3.63, 3.8) is 0 Å². The number of rotatable bonds is 45. The standard InChI is InChI=1S/C52H94NO8P/c1-6-8-10-12-14-16-18-20-22-24-25-26-27-29-31-33-35-37-39-41-43-45-52(55)61-50(49-60-62(56,57)59-47-46-53(3,4)5)48-58-51(54)44-42-40-38-36-34-32-30-28-23-21-19-17-15-13-11-9-7-2/h8,10,14,16,20,22,25-26,29,31,50H,6-7,9,11-13,15,17-19,21,23-24,27-28,30,32-49H2,1-5H3/p+1/b10-8-,16-14-,22-20-,26-25-,31-29-. The van der Waals surface area contributed by atoms with E-state index in [2.05, 4.69) is 74.6 Å². The van der Waals surface area contributed by atoms with Gasteiger partial charge in [-0.05, 0) is 57.8 Å². The molecule has 2 unspecified atom stereocenters. The number of ether oxygens (including phenoxy) is 2. The lowest BCUT2D eigenvalue weighted by molar-refractivity contribution is -0.870. The minimum atomic E-state index is -4.39. The number of quaternary nitrogens is 1. The van der Waals surface area contributed by atoms with Crippen LogP contribution in [0.15, 0.2) is 60.8 Å². The van der Waals surface area contributed by atoms with Crippen LogP contribution in [0.3, 0.4) is 0 Å². The number of carbonyl (C=O) groups excluding carboxylic acids is 2. The first kappa shape index (κ1) is 59.7. The van der Waals surface area contributed by atoms with Gasteiger partial charge in [-0.1, -0.05) is 197 Å². The zero-order chi connectivity index (χ0) is 45.7. The highest BCUT2D eigenvalue weighted by Crippen LogP contribution is 2.43. The highest BCUT2D eigenvalue weighted by Gasteiger charge is 2.27. The fourth-order valence-electron chi connectivity index (χ4n) is 6.69. The fraction of sp³-hybridized carbons (Fsp3) is 0.769. The predicted octanol–water partition coefficient (Wildman–Crippen LogP) is 14.8. The third kappa shape index (κ3) is 47.2. The number of carbonyl (C=O) groups is 2. The number of likely N-dealkylation sites (N-methyl/N-ethyl adjacent to an activating group) is 1. The number of unbranched alkanes of at least 4 members (excludes halogenated alkanes) is 21. The Morgan fingerprint density at radius 3 is 1.37 bits per heavy atom. The highest BCUT2D eigenvalue weighted by molar-refractivity contribution is 7.47. The third-order valence-corrected chi connectivity index (χ3v) is 11.5. The van der Waals surface area contributed by atoms with E-state index in [1.165, 1.54) is 89.9 Å². The van der Waals surface area contributed by atoms with Gasteiger partial charge in [0.1, 0.15) is 19.8 Å². The van der Waals surface area contributed by atoms with Gasteiger partial charge in [-0.2, -0.15) is 0 Å². The van der Waals surface area contributed by atoms with Crippen molar-refractivity contribution in [3.05, 3.63) is 60.8 Å². The van der Waals surface area contributed by atoms with Gasteiger partial charge in [-0.3, -0.25) is 18.6 Å². The van der Waals surface area contributed by atoms with Gasteiger partial charge in [-0.15, -0.1) is 0 Å². The van der Waals surface area contributed by atoms with Crippen LogP contribution in [-0.2, 0) is 32.7 Å².